The van der Waals surface area contributed by atoms with Gasteiger partial charge >= 0.3 is 0 Å². The zero-order chi connectivity index (χ0) is 22.1. The van der Waals surface area contributed by atoms with Gasteiger partial charge < -0.3 is 0 Å². The molecule has 2 atom stereocenters. The van der Waals surface area contributed by atoms with Crippen molar-refractivity contribution in [3.05, 3.63) is 59.1 Å². The predicted molar refractivity (Wildman–Crippen MR) is 116 cm³/mol. The summed E-state index contributed by atoms with van der Waals surface area (Å²) in [6, 6.07) is 10.8. The van der Waals surface area contributed by atoms with Crippen LogP contribution in [0.25, 0.3) is 0 Å². The molecule has 0 aliphatic carbocycles. The number of nitrogens with one attached hydrogen (secondary N) is 2. The van der Waals surface area contributed by atoms with Gasteiger partial charge in [-0.3, -0.25) is 10.2 Å². The van der Waals surface area contributed by atoms with Gasteiger partial charge in [-0.05, 0) is 37.6 Å². The van der Waals surface area contributed by atoms with E-state index in [4.69, 9.17) is 11.6 Å². The van der Waals surface area contributed by atoms with E-state index in [1.54, 1.807) is 18.2 Å². The van der Waals surface area contributed by atoms with E-state index < -0.39 is 37.2 Å². The molecule has 1 aliphatic rings. The van der Waals surface area contributed by atoms with Gasteiger partial charge in [-0.1, -0.05) is 41.4 Å². The summed E-state index contributed by atoms with van der Waals surface area (Å²) in [5.41, 5.74) is 3.00. The molecule has 0 aromatic heterocycles. The molecule has 2 N–H and O–H groups in total. The number of sulfonamides is 2. The number of hydrogen-bond acceptors (Lipinski definition) is 6. The molecule has 0 saturated carbocycles. The summed E-state index contributed by atoms with van der Waals surface area (Å²) in [7, 11) is -8.11. The standard InChI is InChI=1S/C18H20ClN3O5S3/c1-12-6-8-14(9-7-12)29(24,25)21-20-18(23)16-10-13(28)11-22(16)30(26,27)17-5-3-2-4-15(17)19/h2-9,13,16,21,28H,10-11H2,1H3,(H,20,23)/t13-,16+/m1/s1. The highest BCUT2D eigenvalue weighted by atomic mass is 35.5. The molecule has 1 saturated heterocycles. The zero-order valence-electron chi connectivity index (χ0n) is 15.8. The van der Waals surface area contributed by atoms with E-state index in [-0.39, 0.29) is 27.8 Å². The Bertz CT molecular complexity index is 1150. The van der Waals surface area contributed by atoms with Crippen LogP contribution in [0.4, 0.5) is 0 Å². The smallest absolute Gasteiger partial charge is 0.257 e. The van der Waals surface area contributed by atoms with Crippen LogP contribution in [0.1, 0.15) is 12.0 Å². The van der Waals surface area contributed by atoms with E-state index in [1.807, 2.05) is 11.8 Å². The molecule has 1 aliphatic heterocycles. The van der Waals surface area contributed by atoms with Crippen molar-refractivity contribution >= 4 is 50.2 Å². The minimum Gasteiger partial charge on any atom is -0.276 e. The first-order valence-corrected chi connectivity index (χ1v) is 12.7. The normalized spacial score (nSPS) is 20.2. The van der Waals surface area contributed by atoms with Crippen molar-refractivity contribution in [3.8, 4) is 0 Å². The van der Waals surface area contributed by atoms with Gasteiger partial charge in [-0.15, -0.1) is 4.83 Å². The average Bonchev–Trinajstić information content (AvgIpc) is 3.09. The Balaban J connectivity index is 1.79. The SMILES string of the molecule is Cc1ccc(S(=O)(=O)NNC(=O)[C@@H]2C[C@@H](S)CN2S(=O)(=O)c2ccccc2Cl)cc1. The Hall–Kier alpha value is -1.63. The molecule has 0 radical (unpaired) electrons. The van der Waals surface area contributed by atoms with Crippen LogP contribution in [0.15, 0.2) is 58.3 Å². The van der Waals surface area contributed by atoms with E-state index in [9.17, 15) is 21.6 Å². The highest BCUT2D eigenvalue weighted by molar-refractivity contribution is 7.89. The van der Waals surface area contributed by atoms with Crippen LogP contribution in [-0.4, -0.2) is 44.9 Å². The molecule has 0 bridgehead atoms. The zero-order valence-corrected chi connectivity index (χ0v) is 19.1. The summed E-state index contributed by atoms with van der Waals surface area (Å²) >= 11 is 10.3. The first kappa shape index (κ1) is 23.0. The molecule has 3 rings (SSSR count). The average molecular weight is 490 g/mol. The van der Waals surface area contributed by atoms with Crippen molar-refractivity contribution in [1.29, 1.82) is 0 Å². The van der Waals surface area contributed by atoms with Gasteiger partial charge in [-0.2, -0.15) is 16.9 Å². The first-order valence-electron chi connectivity index (χ1n) is 8.85. The molecule has 2 aromatic carbocycles. The van der Waals surface area contributed by atoms with Crippen molar-refractivity contribution in [2.45, 2.75) is 34.4 Å². The van der Waals surface area contributed by atoms with E-state index >= 15 is 0 Å². The second kappa shape index (κ2) is 8.85. The predicted octanol–water partition coefficient (Wildman–Crippen LogP) is 1.72. The highest BCUT2D eigenvalue weighted by Crippen LogP contribution is 2.31. The first-order chi connectivity index (χ1) is 14.0. The molecule has 1 fully saturated rings. The van der Waals surface area contributed by atoms with Crippen molar-refractivity contribution in [3.63, 3.8) is 0 Å². The summed E-state index contributed by atoms with van der Waals surface area (Å²) < 4.78 is 51.9. The molecule has 1 amide bonds. The summed E-state index contributed by atoms with van der Waals surface area (Å²) in [5, 5.41) is -0.369. The van der Waals surface area contributed by atoms with Crippen molar-refractivity contribution in [2.75, 3.05) is 6.54 Å². The maximum atomic E-state index is 13.1. The summed E-state index contributed by atoms with van der Waals surface area (Å²) in [4.78, 5) is 14.5. The van der Waals surface area contributed by atoms with E-state index in [0.717, 1.165) is 9.87 Å². The fourth-order valence-corrected chi connectivity index (χ4v) is 6.52. The molecule has 2 aromatic rings. The number of aryl methyl sites for hydroxylation is 1. The number of hydrogen-bond donors (Lipinski definition) is 3. The van der Waals surface area contributed by atoms with Gasteiger partial charge in [0, 0.05) is 11.8 Å². The fourth-order valence-electron chi connectivity index (χ4n) is 3.05. The number of carbonyl (C=O) groups excluding carboxylic acids is 1. The lowest BCUT2D eigenvalue weighted by Crippen LogP contribution is -2.51. The van der Waals surface area contributed by atoms with Crippen LogP contribution < -0.4 is 10.3 Å². The number of carbonyl (C=O) groups is 1. The molecule has 162 valence electrons. The Kier molecular flexibility index (Phi) is 6.80. The second-order valence-corrected chi connectivity index (χ2v) is 11.5. The fraction of sp³-hybridized carbons (Fsp3) is 0.278. The third kappa shape index (κ3) is 4.82. The van der Waals surface area contributed by atoms with Gasteiger partial charge in [-0.25, -0.2) is 16.8 Å². The molecule has 0 spiro atoms. The summed E-state index contributed by atoms with van der Waals surface area (Å²) in [6.07, 6.45) is 0.116. The topological polar surface area (TPSA) is 113 Å². The highest BCUT2D eigenvalue weighted by Gasteiger charge is 2.43. The van der Waals surface area contributed by atoms with Crippen LogP contribution in [0, 0.1) is 6.92 Å². The lowest BCUT2D eigenvalue weighted by atomic mass is 10.2. The van der Waals surface area contributed by atoms with Crippen LogP contribution in [0.3, 0.4) is 0 Å². The maximum Gasteiger partial charge on any atom is 0.257 e. The van der Waals surface area contributed by atoms with Gasteiger partial charge in [0.05, 0.1) is 9.92 Å². The number of hydrazine groups is 1. The Morgan fingerprint density at radius 2 is 1.73 bits per heavy atom. The second-order valence-electron chi connectivity index (χ2n) is 6.82. The number of rotatable bonds is 6. The minimum atomic E-state index is -4.09. The van der Waals surface area contributed by atoms with E-state index in [0.29, 0.717) is 0 Å². The third-order valence-corrected chi connectivity index (χ3v) is 8.61. The molecule has 30 heavy (non-hydrogen) atoms. The molecular weight excluding hydrogens is 470 g/mol. The van der Waals surface area contributed by atoms with Gasteiger partial charge in [0.15, 0.2) is 0 Å². The number of benzene rings is 2. The number of amides is 1. The molecule has 8 nitrogen and oxygen atoms in total. The molecule has 1 heterocycles. The lowest BCUT2D eigenvalue weighted by molar-refractivity contribution is -0.124. The van der Waals surface area contributed by atoms with E-state index in [1.165, 1.54) is 30.3 Å². The summed E-state index contributed by atoms with van der Waals surface area (Å²) in [6.45, 7) is 1.80. The van der Waals surface area contributed by atoms with Crippen LogP contribution in [-0.2, 0) is 24.8 Å². The molecule has 0 unspecified atom stereocenters. The Labute approximate surface area is 186 Å². The van der Waals surface area contributed by atoms with Crippen molar-refractivity contribution < 1.29 is 21.6 Å². The van der Waals surface area contributed by atoms with Crippen LogP contribution in [0.5, 0.6) is 0 Å². The Morgan fingerprint density at radius 3 is 2.37 bits per heavy atom. The third-order valence-electron chi connectivity index (χ3n) is 4.60. The van der Waals surface area contributed by atoms with Crippen LogP contribution in [0.2, 0.25) is 5.02 Å². The van der Waals surface area contributed by atoms with Crippen LogP contribution >= 0.6 is 24.2 Å². The maximum absolute atomic E-state index is 13.1. The van der Waals surface area contributed by atoms with Gasteiger partial charge in [0.25, 0.3) is 15.9 Å². The molecular formula is C18H20ClN3O5S3. The summed E-state index contributed by atoms with van der Waals surface area (Å²) in [5.74, 6) is -0.808. The minimum absolute atomic E-state index is 0.0144. The van der Waals surface area contributed by atoms with E-state index in [2.05, 4.69) is 18.1 Å². The largest absolute Gasteiger partial charge is 0.276 e. The number of nitrogens with zero attached hydrogens (tertiary/aromatic N) is 1. The van der Waals surface area contributed by atoms with Crippen molar-refractivity contribution in [1.82, 2.24) is 14.6 Å². The Morgan fingerprint density at radius 1 is 1.10 bits per heavy atom. The number of thiol groups is 1. The molecule has 12 heteroatoms. The number of halogens is 1. The van der Waals surface area contributed by atoms with Gasteiger partial charge in [0.1, 0.15) is 10.9 Å². The quantitative estimate of drug-likeness (QED) is 0.422. The van der Waals surface area contributed by atoms with Gasteiger partial charge in [0.2, 0.25) is 10.0 Å². The van der Waals surface area contributed by atoms with Crippen molar-refractivity contribution in [2.24, 2.45) is 0 Å². The monoisotopic (exact) mass is 489 g/mol. The lowest BCUT2D eigenvalue weighted by Gasteiger charge is -2.23.